The van der Waals surface area contributed by atoms with E-state index in [1.165, 1.54) is 23.9 Å². The number of halogens is 1. The first-order chi connectivity index (χ1) is 14.5. The molecule has 0 saturated heterocycles. The van der Waals surface area contributed by atoms with Crippen molar-refractivity contribution in [1.82, 2.24) is 14.9 Å². The molecule has 2 aromatic carbocycles. The van der Waals surface area contributed by atoms with Crippen molar-refractivity contribution in [1.29, 1.82) is 0 Å². The Morgan fingerprint density at radius 1 is 1.13 bits per heavy atom. The number of rotatable bonds is 8. The van der Waals surface area contributed by atoms with Gasteiger partial charge in [-0.1, -0.05) is 17.8 Å². The minimum absolute atomic E-state index is 0.0608. The van der Waals surface area contributed by atoms with E-state index >= 15 is 0 Å². The molecule has 0 atom stereocenters. The molecule has 0 radical (unpaired) electrons. The van der Waals surface area contributed by atoms with Crippen LogP contribution in [0.15, 0.2) is 59.9 Å². The lowest BCUT2D eigenvalue weighted by molar-refractivity contribution is -0.113. The van der Waals surface area contributed by atoms with Crippen LogP contribution in [0.2, 0.25) is 0 Å². The van der Waals surface area contributed by atoms with Crippen LogP contribution >= 0.6 is 11.8 Å². The highest BCUT2D eigenvalue weighted by Crippen LogP contribution is 2.22. The summed E-state index contributed by atoms with van der Waals surface area (Å²) in [5, 5.41) is 3.41. The standard InChI is InChI=1S/C22H23FN4O2S/c1-3-27(4-2)21(29)16-6-5-7-18(12-16)25-20(28)14-30-22-24-13-19(26-22)15-8-10-17(23)11-9-15/h5-13H,3-4,14H2,1-2H3,(H,24,26)(H,25,28). The molecular weight excluding hydrogens is 403 g/mol. The maximum atomic E-state index is 13.0. The quantitative estimate of drug-likeness (QED) is 0.523. The Morgan fingerprint density at radius 3 is 2.57 bits per heavy atom. The zero-order chi connectivity index (χ0) is 21.5. The Balaban J connectivity index is 1.57. The Morgan fingerprint density at radius 2 is 1.87 bits per heavy atom. The highest BCUT2D eigenvalue weighted by molar-refractivity contribution is 7.99. The average molecular weight is 427 g/mol. The van der Waals surface area contributed by atoms with Gasteiger partial charge in [-0.15, -0.1) is 0 Å². The summed E-state index contributed by atoms with van der Waals surface area (Å²) in [6.07, 6.45) is 1.65. The number of anilines is 1. The average Bonchev–Trinajstić information content (AvgIpc) is 3.23. The van der Waals surface area contributed by atoms with Crippen molar-refractivity contribution in [2.75, 3.05) is 24.2 Å². The molecule has 3 aromatic rings. The van der Waals surface area contributed by atoms with Crippen molar-refractivity contribution in [2.24, 2.45) is 0 Å². The lowest BCUT2D eigenvalue weighted by atomic mass is 10.1. The molecule has 1 heterocycles. The zero-order valence-electron chi connectivity index (χ0n) is 16.8. The fourth-order valence-corrected chi connectivity index (χ4v) is 3.56. The van der Waals surface area contributed by atoms with E-state index < -0.39 is 0 Å². The molecule has 6 nitrogen and oxygen atoms in total. The van der Waals surface area contributed by atoms with Crippen LogP contribution in [0.5, 0.6) is 0 Å². The van der Waals surface area contributed by atoms with Crippen LogP contribution in [0.4, 0.5) is 10.1 Å². The van der Waals surface area contributed by atoms with Gasteiger partial charge in [0, 0.05) is 24.3 Å². The van der Waals surface area contributed by atoms with Crippen LogP contribution in [0.25, 0.3) is 11.3 Å². The number of hydrogen-bond acceptors (Lipinski definition) is 4. The van der Waals surface area contributed by atoms with Crippen molar-refractivity contribution in [3.8, 4) is 11.3 Å². The first-order valence-corrected chi connectivity index (χ1v) is 10.6. The van der Waals surface area contributed by atoms with Gasteiger partial charge in [-0.2, -0.15) is 0 Å². The normalized spacial score (nSPS) is 10.6. The molecule has 0 aliphatic carbocycles. The predicted molar refractivity (Wildman–Crippen MR) is 117 cm³/mol. The van der Waals surface area contributed by atoms with Gasteiger partial charge in [-0.25, -0.2) is 9.37 Å². The summed E-state index contributed by atoms with van der Waals surface area (Å²) >= 11 is 1.26. The van der Waals surface area contributed by atoms with Crippen molar-refractivity contribution in [3.05, 3.63) is 66.1 Å². The number of H-pyrrole nitrogens is 1. The lowest BCUT2D eigenvalue weighted by Crippen LogP contribution is -2.30. The summed E-state index contributed by atoms with van der Waals surface area (Å²) in [5.41, 5.74) is 2.68. The SMILES string of the molecule is CCN(CC)C(=O)c1cccc(NC(=O)CSc2ncc(-c3ccc(F)cc3)[nH]2)c1. The number of carbonyl (C=O) groups is 2. The third-order valence-electron chi connectivity index (χ3n) is 4.49. The van der Waals surface area contributed by atoms with Crippen molar-refractivity contribution in [3.63, 3.8) is 0 Å². The predicted octanol–water partition coefficient (Wildman–Crippen LogP) is 4.43. The molecule has 3 rings (SSSR count). The van der Waals surface area contributed by atoms with Gasteiger partial charge in [0.25, 0.3) is 5.91 Å². The van der Waals surface area contributed by atoms with Crippen molar-refractivity contribution >= 4 is 29.3 Å². The minimum Gasteiger partial charge on any atom is -0.339 e. The number of carbonyl (C=O) groups excluding carboxylic acids is 2. The molecule has 30 heavy (non-hydrogen) atoms. The molecule has 0 fully saturated rings. The van der Waals surface area contributed by atoms with Crippen LogP contribution in [0.3, 0.4) is 0 Å². The highest BCUT2D eigenvalue weighted by Gasteiger charge is 2.13. The fourth-order valence-electron chi connectivity index (χ4n) is 2.91. The Labute approximate surface area is 178 Å². The Kier molecular flexibility index (Phi) is 7.24. The molecule has 8 heteroatoms. The first kappa shape index (κ1) is 21.6. The summed E-state index contributed by atoms with van der Waals surface area (Å²) in [6, 6.07) is 13.0. The summed E-state index contributed by atoms with van der Waals surface area (Å²) in [4.78, 5) is 33.9. The number of amides is 2. The van der Waals surface area contributed by atoms with Crippen LogP contribution in [0.1, 0.15) is 24.2 Å². The summed E-state index contributed by atoms with van der Waals surface area (Å²) < 4.78 is 13.0. The number of aromatic amines is 1. The zero-order valence-corrected chi connectivity index (χ0v) is 17.6. The number of thioether (sulfide) groups is 1. The van der Waals surface area contributed by atoms with Gasteiger partial charge in [0.05, 0.1) is 17.6 Å². The monoisotopic (exact) mass is 426 g/mol. The van der Waals surface area contributed by atoms with E-state index in [0.29, 0.717) is 29.5 Å². The largest absolute Gasteiger partial charge is 0.339 e. The van der Waals surface area contributed by atoms with E-state index in [-0.39, 0.29) is 23.4 Å². The molecule has 0 bridgehead atoms. The number of aromatic nitrogens is 2. The maximum Gasteiger partial charge on any atom is 0.253 e. The van der Waals surface area contributed by atoms with Gasteiger partial charge < -0.3 is 15.2 Å². The van der Waals surface area contributed by atoms with E-state index in [0.717, 1.165) is 11.3 Å². The number of benzene rings is 2. The van der Waals surface area contributed by atoms with Gasteiger partial charge in [-0.3, -0.25) is 9.59 Å². The van der Waals surface area contributed by atoms with E-state index in [2.05, 4.69) is 15.3 Å². The van der Waals surface area contributed by atoms with E-state index in [1.807, 2.05) is 13.8 Å². The number of nitrogens with zero attached hydrogens (tertiary/aromatic N) is 2. The lowest BCUT2D eigenvalue weighted by Gasteiger charge is -2.19. The van der Waals surface area contributed by atoms with E-state index in [1.54, 1.807) is 47.5 Å². The molecule has 0 unspecified atom stereocenters. The van der Waals surface area contributed by atoms with Gasteiger partial charge >= 0.3 is 0 Å². The first-order valence-electron chi connectivity index (χ1n) is 9.63. The van der Waals surface area contributed by atoms with Gasteiger partial charge in [0.2, 0.25) is 5.91 Å². The molecule has 0 aliphatic rings. The van der Waals surface area contributed by atoms with Crippen LogP contribution in [0, 0.1) is 5.82 Å². The summed E-state index contributed by atoms with van der Waals surface area (Å²) in [6.45, 7) is 5.12. The second-order valence-corrected chi connectivity index (χ2v) is 7.47. The van der Waals surface area contributed by atoms with Crippen LogP contribution in [-0.2, 0) is 4.79 Å². The smallest absolute Gasteiger partial charge is 0.253 e. The number of imidazole rings is 1. The molecule has 1 aromatic heterocycles. The number of hydrogen-bond donors (Lipinski definition) is 2. The molecular formula is C22H23FN4O2S. The highest BCUT2D eigenvalue weighted by atomic mass is 32.2. The fraction of sp³-hybridized carbons (Fsp3) is 0.227. The third-order valence-corrected chi connectivity index (χ3v) is 5.38. The van der Waals surface area contributed by atoms with Gasteiger partial charge in [-0.05, 0) is 61.9 Å². The van der Waals surface area contributed by atoms with E-state index in [9.17, 15) is 14.0 Å². The van der Waals surface area contributed by atoms with Crippen molar-refractivity contribution in [2.45, 2.75) is 19.0 Å². The van der Waals surface area contributed by atoms with Crippen LogP contribution in [-0.4, -0.2) is 45.5 Å². The Bertz CT molecular complexity index is 1020. The molecule has 0 spiro atoms. The molecule has 2 amide bonds. The number of nitrogens with one attached hydrogen (secondary N) is 2. The third kappa shape index (κ3) is 5.48. The van der Waals surface area contributed by atoms with Crippen LogP contribution < -0.4 is 5.32 Å². The molecule has 0 aliphatic heterocycles. The second kappa shape index (κ2) is 10.1. The topological polar surface area (TPSA) is 78.1 Å². The molecule has 156 valence electrons. The Hall–Kier alpha value is -3.13. The van der Waals surface area contributed by atoms with Crippen molar-refractivity contribution < 1.29 is 14.0 Å². The maximum absolute atomic E-state index is 13.0. The van der Waals surface area contributed by atoms with Gasteiger partial charge in [0.1, 0.15) is 5.82 Å². The second-order valence-electron chi connectivity index (χ2n) is 6.50. The minimum atomic E-state index is -0.299. The summed E-state index contributed by atoms with van der Waals surface area (Å²) in [5.74, 6) is -0.404. The van der Waals surface area contributed by atoms with Gasteiger partial charge in [0.15, 0.2) is 5.16 Å². The van der Waals surface area contributed by atoms with E-state index in [4.69, 9.17) is 0 Å². The summed E-state index contributed by atoms with van der Waals surface area (Å²) in [7, 11) is 0. The molecule has 2 N–H and O–H groups in total. The molecule has 0 saturated carbocycles.